The average molecular weight is 589 g/mol. The Kier molecular flexibility index (Phi) is 8.16. The van der Waals surface area contributed by atoms with Crippen LogP contribution in [-0.4, -0.2) is 46.9 Å². The van der Waals surface area contributed by atoms with Crippen molar-refractivity contribution >= 4 is 17.5 Å². The van der Waals surface area contributed by atoms with E-state index in [0.717, 1.165) is 12.8 Å². The van der Waals surface area contributed by atoms with E-state index < -0.39 is 30.2 Å². The van der Waals surface area contributed by atoms with Gasteiger partial charge in [-0.3, -0.25) is 4.79 Å². The first-order chi connectivity index (χ1) is 18.7. The number of carbonyl (C=O) groups excluding carboxylic acids is 1. The number of methoxy groups -OCH3 is 1. The fourth-order valence-corrected chi connectivity index (χ4v) is 3.73. The molecule has 7 nitrogen and oxygen atoms in total. The van der Waals surface area contributed by atoms with E-state index in [9.17, 15) is 31.1 Å². The van der Waals surface area contributed by atoms with Gasteiger partial charge in [0.2, 0.25) is 11.3 Å². The second kappa shape index (κ2) is 11.1. The van der Waals surface area contributed by atoms with E-state index in [1.165, 1.54) is 25.3 Å². The quantitative estimate of drug-likeness (QED) is 0.291. The van der Waals surface area contributed by atoms with Crippen LogP contribution in [0.3, 0.4) is 0 Å². The topological polar surface area (TPSA) is 86.2 Å². The maximum Gasteiger partial charge on any atom is 0.411 e. The van der Waals surface area contributed by atoms with Crippen LogP contribution in [-0.2, 0) is 11.3 Å². The van der Waals surface area contributed by atoms with Gasteiger partial charge in [0.05, 0.1) is 18.7 Å². The molecule has 1 aliphatic carbocycles. The SMILES string of the molecule is COc1nc(-c2ccc(OCC3CC3)cc2)nc(-c2cc(CNC(=O)C(C)(C(F)(F)F)C(F)(F)F)ccc2Cl)n1. The minimum atomic E-state index is -5.86. The zero-order chi connectivity index (χ0) is 29.3. The molecule has 0 unspecified atom stereocenters. The van der Waals surface area contributed by atoms with Crippen LogP contribution in [0.25, 0.3) is 22.8 Å². The molecular weight excluding hydrogens is 566 g/mol. The standard InChI is InChI=1S/C26H23ClF6N4O3/c1-24(25(28,29)30,26(31,32)33)22(38)34-12-15-5-10-19(27)18(11-15)21-35-20(36-23(37-21)39-2)16-6-8-17(9-7-16)40-13-14-3-4-14/h5-11,14H,3-4,12-13H2,1-2H3,(H,34,38). The summed E-state index contributed by atoms with van der Waals surface area (Å²) in [6, 6.07) is 11.0. The summed E-state index contributed by atoms with van der Waals surface area (Å²) in [4.78, 5) is 25.0. The largest absolute Gasteiger partial charge is 0.493 e. The van der Waals surface area contributed by atoms with E-state index in [1.807, 2.05) is 0 Å². The molecule has 2 aromatic carbocycles. The third kappa shape index (κ3) is 6.24. The number of nitrogens with zero attached hydrogens (tertiary/aromatic N) is 3. The number of benzene rings is 2. The maximum absolute atomic E-state index is 13.2. The van der Waals surface area contributed by atoms with Gasteiger partial charge in [0.1, 0.15) is 5.75 Å². The molecule has 1 fully saturated rings. The molecule has 0 bridgehead atoms. The second-order valence-corrected chi connectivity index (χ2v) is 9.77. The van der Waals surface area contributed by atoms with Crippen LogP contribution in [0.15, 0.2) is 42.5 Å². The summed E-state index contributed by atoms with van der Waals surface area (Å²) in [6.07, 6.45) is -9.41. The smallest absolute Gasteiger partial charge is 0.411 e. The maximum atomic E-state index is 13.2. The fourth-order valence-electron chi connectivity index (χ4n) is 3.53. The zero-order valence-corrected chi connectivity index (χ0v) is 21.9. The van der Waals surface area contributed by atoms with Crippen LogP contribution in [0.1, 0.15) is 25.3 Å². The Bertz CT molecular complexity index is 1360. The Balaban J connectivity index is 1.58. The molecule has 214 valence electrons. The van der Waals surface area contributed by atoms with Crippen molar-refractivity contribution in [3.05, 3.63) is 53.1 Å². The molecule has 0 saturated heterocycles. The number of hydrogen-bond acceptors (Lipinski definition) is 6. The van der Waals surface area contributed by atoms with Crippen LogP contribution in [0.2, 0.25) is 5.02 Å². The summed E-state index contributed by atoms with van der Waals surface area (Å²) in [5, 5.41) is 1.86. The van der Waals surface area contributed by atoms with Crippen molar-refractivity contribution in [1.82, 2.24) is 20.3 Å². The summed E-state index contributed by atoms with van der Waals surface area (Å²) in [5.41, 5.74) is -3.66. The molecule has 40 heavy (non-hydrogen) atoms. The van der Waals surface area contributed by atoms with Gasteiger partial charge < -0.3 is 14.8 Å². The predicted octanol–water partition coefficient (Wildman–Crippen LogP) is 6.40. The monoisotopic (exact) mass is 588 g/mol. The highest BCUT2D eigenvalue weighted by Crippen LogP contribution is 2.50. The van der Waals surface area contributed by atoms with Gasteiger partial charge >= 0.3 is 18.4 Å². The van der Waals surface area contributed by atoms with Crippen molar-refractivity contribution in [2.24, 2.45) is 11.3 Å². The summed E-state index contributed by atoms with van der Waals surface area (Å²) < 4.78 is 90.2. The van der Waals surface area contributed by atoms with Gasteiger partial charge in [0.15, 0.2) is 11.6 Å². The average Bonchev–Trinajstić information content (AvgIpc) is 3.74. The highest BCUT2D eigenvalue weighted by molar-refractivity contribution is 6.33. The summed E-state index contributed by atoms with van der Waals surface area (Å²) >= 11 is 6.32. The Morgan fingerprint density at radius 2 is 1.60 bits per heavy atom. The molecule has 0 radical (unpaired) electrons. The van der Waals surface area contributed by atoms with Gasteiger partial charge in [-0.05, 0) is 67.6 Å². The van der Waals surface area contributed by atoms with E-state index in [0.29, 0.717) is 23.8 Å². The van der Waals surface area contributed by atoms with Crippen LogP contribution < -0.4 is 14.8 Å². The molecule has 0 spiro atoms. The molecule has 0 atom stereocenters. The molecule has 1 N–H and O–H groups in total. The highest BCUT2D eigenvalue weighted by atomic mass is 35.5. The van der Waals surface area contributed by atoms with Crippen LogP contribution >= 0.6 is 11.6 Å². The van der Waals surface area contributed by atoms with E-state index in [1.54, 1.807) is 29.6 Å². The Hall–Kier alpha value is -3.61. The molecule has 1 amide bonds. The molecule has 4 rings (SSSR count). The first-order valence-electron chi connectivity index (χ1n) is 12.0. The van der Waals surface area contributed by atoms with Crippen molar-refractivity contribution < 1.29 is 40.6 Å². The first-order valence-corrected chi connectivity index (χ1v) is 12.3. The van der Waals surface area contributed by atoms with Gasteiger partial charge in [-0.2, -0.15) is 36.3 Å². The lowest BCUT2D eigenvalue weighted by atomic mass is 9.87. The van der Waals surface area contributed by atoms with Crippen molar-refractivity contribution in [2.45, 2.75) is 38.7 Å². The molecule has 1 aromatic heterocycles. The zero-order valence-electron chi connectivity index (χ0n) is 21.2. The molecule has 0 aliphatic heterocycles. The fraction of sp³-hybridized carbons (Fsp3) is 0.385. The second-order valence-electron chi connectivity index (χ2n) is 9.37. The molecule has 1 aliphatic rings. The van der Waals surface area contributed by atoms with Crippen molar-refractivity contribution in [2.75, 3.05) is 13.7 Å². The highest BCUT2D eigenvalue weighted by Gasteiger charge is 2.72. The molecular formula is C26H23ClF6N4O3. The van der Waals surface area contributed by atoms with Gasteiger partial charge in [0, 0.05) is 17.7 Å². The minimum absolute atomic E-state index is 0.0320. The Labute approximate surface area is 229 Å². The van der Waals surface area contributed by atoms with Crippen LogP contribution in [0, 0.1) is 11.3 Å². The number of carbonyl (C=O) groups is 1. The first kappa shape index (κ1) is 29.4. The molecule has 1 saturated carbocycles. The van der Waals surface area contributed by atoms with Gasteiger partial charge in [-0.1, -0.05) is 17.7 Å². The molecule has 14 heteroatoms. The summed E-state index contributed by atoms with van der Waals surface area (Å²) in [5.74, 6) is -0.719. The number of ether oxygens (including phenoxy) is 2. The number of amides is 1. The van der Waals surface area contributed by atoms with E-state index in [-0.39, 0.29) is 40.7 Å². The predicted molar refractivity (Wildman–Crippen MR) is 133 cm³/mol. The van der Waals surface area contributed by atoms with Crippen molar-refractivity contribution in [1.29, 1.82) is 0 Å². The number of nitrogens with one attached hydrogen (secondary N) is 1. The van der Waals surface area contributed by atoms with Gasteiger partial charge in [0.25, 0.3) is 0 Å². The number of halogens is 7. The number of rotatable bonds is 9. The van der Waals surface area contributed by atoms with Gasteiger partial charge in [-0.25, -0.2) is 4.98 Å². The third-order valence-corrected chi connectivity index (χ3v) is 6.73. The third-order valence-electron chi connectivity index (χ3n) is 6.41. The van der Waals surface area contributed by atoms with Crippen LogP contribution in [0.4, 0.5) is 26.3 Å². The number of alkyl halides is 6. The summed E-state index contributed by atoms with van der Waals surface area (Å²) in [7, 11) is 1.34. The Morgan fingerprint density at radius 3 is 2.17 bits per heavy atom. The number of aromatic nitrogens is 3. The normalized spacial score (nSPS) is 14.1. The molecule has 1 heterocycles. The van der Waals surface area contributed by atoms with E-state index in [2.05, 4.69) is 15.0 Å². The van der Waals surface area contributed by atoms with E-state index >= 15 is 0 Å². The number of hydrogen-bond donors (Lipinski definition) is 1. The van der Waals surface area contributed by atoms with Crippen molar-refractivity contribution in [3.63, 3.8) is 0 Å². The van der Waals surface area contributed by atoms with E-state index in [4.69, 9.17) is 21.1 Å². The van der Waals surface area contributed by atoms with Gasteiger partial charge in [-0.15, -0.1) is 0 Å². The lowest BCUT2D eigenvalue weighted by Crippen LogP contribution is -2.57. The van der Waals surface area contributed by atoms with Crippen LogP contribution in [0.5, 0.6) is 11.8 Å². The summed E-state index contributed by atoms with van der Waals surface area (Å²) in [6.45, 7) is -0.216. The molecule has 3 aromatic rings. The Morgan fingerprint density at radius 1 is 0.975 bits per heavy atom. The lowest BCUT2D eigenvalue weighted by Gasteiger charge is -2.32. The minimum Gasteiger partial charge on any atom is -0.493 e. The van der Waals surface area contributed by atoms with Crippen molar-refractivity contribution in [3.8, 4) is 34.5 Å². The lowest BCUT2D eigenvalue weighted by molar-refractivity contribution is -0.319.